The van der Waals surface area contributed by atoms with Crippen molar-refractivity contribution in [1.29, 1.82) is 5.26 Å². The summed E-state index contributed by atoms with van der Waals surface area (Å²) >= 11 is 0. The molecule has 0 unspecified atom stereocenters. The molecule has 1 nitrogen and oxygen atoms in total. The summed E-state index contributed by atoms with van der Waals surface area (Å²) in [5.41, 5.74) is 21.0. The Hall–Kier alpha value is -7.79. The van der Waals surface area contributed by atoms with Gasteiger partial charge in [-0.25, -0.2) is 0 Å². The lowest BCUT2D eigenvalue weighted by Gasteiger charge is -2.23. The summed E-state index contributed by atoms with van der Waals surface area (Å²) in [6.45, 7) is 9.48. The van der Waals surface area contributed by atoms with Gasteiger partial charge in [0, 0.05) is 10.8 Å². The molecule has 0 aliphatic heterocycles. The topological polar surface area (TPSA) is 23.8 Å². The molecule has 2 aliphatic carbocycles. The zero-order valence-corrected chi connectivity index (χ0v) is 36.3. The normalized spacial score (nSPS) is 14.2. The van der Waals surface area contributed by atoms with Crippen LogP contribution in [0.5, 0.6) is 0 Å². The second-order valence-electron chi connectivity index (χ2n) is 19.2. The van der Waals surface area contributed by atoms with E-state index in [4.69, 9.17) is 0 Å². The van der Waals surface area contributed by atoms with Gasteiger partial charge < -0.3 is 0 Å². The van der Waals surface area contributed by atoms with Crippen LogP contribution in [0.4, 0.5) is 0 Å². The number of fused-ring (bicyclic) bond motifs is 7. The van der Waals surface area contributed by atoms with Gasteiger partial charge in [0.05, 0.1) is 11.6 Å². The maximum atomic E-state index is 9.57. The number of rotatable bonds is 4. The zero-order valence-electron chi connectivity index (χ0n) is 36.3. The molecule has 13 rings (SSSR count). The molecule has 0 atom stereocenters. The Labute approximate surface area is 373 Å². The van der Waals surface area contributed by atoms with Crippen LogP contribution in [0.15, 0.2) is 188 Å². The van der Waals surface area contributed by atoms with Gasteiger partial charge in [-0.2, -0.15) is 5.26 Å². The number of nitrogens with zero attached hydrogens (tertiary/aromatic N) is 1. The molecule has 300 valence electrons. The highest BCUT2D eigenvalue weighted by Crippen LogP contribution is 2.53. The fourth-order valence-corrected chi connectivity index (χ4v) is 11.7. The lowest BCUT2D eigenvalue weighted by Crippen LogP contribution is -2.14. The average molecular weight is 814 g/mol. The minimum atomic E-state index is -0.109. The zero-order chi connectivity index (χ0) is 43.1. The molecule has 11 aromatic rings. The molecule has 2 aliphatic rings. The first-order chi connectivity index (χ1) is 31.2. The van der Waals surface area contributed by atoms with Crippen molar-refractivity contribution in [1.82, 2.24) is 0 Å². The maximum absolute atomic E-state index is 9.57. The summed E-state index contributed by atoms with van der Waals surface area (Å²) in [4.78, 5) is 0. The molecular weight excluding hydrogens is 771 g/mol. The van der Waals surface area contributed by atoms with E-state index in [1.165, 1.54) is 121 Å². The Balaban J connectivity index is 1.04. The predicted molar refractivity (Wildman–Crippen MR) is 269 cm³/mol. The third-order valence-corrected chi connectivity index (χ3v) is 15.0. The Kier molecular flexibility index (Phi) is 7.55. The van der Waals surface area contributed by atoms with E-state index in [1.54, 1.807) is 0 Å². The van der Waals surface area contributed by atoms with Gasteiger partial charge >= 0.3 is 0 Å². The van der Waals surface area contributed by atoms with E-state index in [0.29, 0.717) is 5.56 Å². The van der Waals surface area contributed by atoms with E-state index < -0.39 is 0 Å². The van der Waals surface area contributed by atoms with Gasteiger partial charge in [0.2, 0.25) is 0 Å². The fraction of sp³-hybridized carbons (Fsp3) is 0.0952. The molecule has 0 amide bonds. The minimum absolute atomic E-state index is 0.0782. The fourth-order valence-electron chi connectivity index (χ4n) is 11.7. The first-order valence-corrected chi connectivity index (χ1v) is 22.5. The molecule has 0 bridgehead atoms. The lowest BCUT2D eigenvalue weighted by molar-refractivity contribution is 0.660. The van der Waals surface area contributed by atoms with Gasteiger partial charge in [-0.05, 0) is 175 Å². The van der Waals surface area contributed by atoms with Gasteiger partial charge in [0.1, 0.15) is 0 Å². The maximum Gasteiger partial charge on any atom is 0.0991 e. The van der Waals surface area contributed by atoms with Crippen molar-refractivity contribution in [2.45, 2.75) is 38.5 Å². The number of benzene rings is 11. The monoisotopic (exact) mass is 813 g/mol. The average Bonchev–Trinajstić information content (AvgIpc) is 3.71. The van der Waals surface area contributed by atoms with Gasteiger partial charge in [-0.15, -0.1) is 0 Å². The summed E-state index contributed by atoms with van der Waals surface area (Å²) in [5, 5.41) is 19.6. The van der Waals surface area contributed by atoms with E-state index in [2.05, 4.69) is 204 Å². The smallest absolute Gasteiger partial charge is 0.0991 e. The summed E-state index contributed by atoms with van der Waals surface area (Å²) in [5.74, 6) is 0. The Morgan fingerprint density at radius 3 is 1.41 bits per heavy atom. The molecule has 0 heterocycles. The number of hydrogen-bond donors (Lipinski definition) is 0. The number of nitriles is 1. The van der Waals surface area contributed by atoms with Crippen LogP contribution >= 0.6 is 0 Å². The van der Waals surface area contributed by atoms with Gasteiger partial charge in [-0.1, -0.05) is 173 Å². The molecule has 0 saturated heterocycles. The van der Waals surface area contributed by atoms with E-state index in [1.807, 2.05) is 18.2 Å². The predicted octanol–water partition coefficient (Wildman–Crippen LogP) is 16.9. The summed E-state index contributed by atoms with van der Waals surface area (Å²) in [6, 6.07) is 72.5. The highest BCUT2D eigenvalue weighted by Gasteiger charge is 2.37. The third kappa shape index (κ3) is 5.12. The standard InChI is InChI=1S/C63H43N/c1-62(2)56-14-7-5-12-47(56)49-25-22-44(33-58(49)62)46-24-20-38-21-27-52-55(45-23-26-50-48-13-6-8-15-57(48)63(3,4)59(50)34-45)35-54(53-29-28-51(46)60(38)61(52)53)43-19-18-41-31-40(16-17-42(41)32-43)39-11-9-10-37(30-39)36-64/h5-35H,1-4H3. The molecule has 0 fully saturated rings. The van der Waals surface area contributed by atoms with Crippen molar-refractivity contribution >= 4 is 43.1 Å². The van der Waals surface area contributed by atoms with Crippen molar-refractivity contribution in [2.75, 3.05) is 0 Å². The van der Waals surface area contributed by atoms with Crippen LogP contribution in [-0.4, -0.2) is 0 Å². The van der Waals surface area contributed by atoms with Crippen molar-refractivity contribution in [3.05, 3.63) is 216 Å². The lowest BCUT2D eigenvalue weighted by atomic mass is 9.80. The molecule has 0 N–H and O–H groups in total. The van der Waals surface area contributed by atoms with Gasteiger partial charge in [0.15, 0.2) is 0 Å². The van der Waals surface area contributed by atoms with Crippen LogP contribution in [-0.2, 0) is 10.8 Å². The van der Waals surface area contributed by atoms with Gasteiger partial charge in [-0.3, -0.25) is 0 Å². The van der Waals surface area contributed by atoms with Crippen LogP contribution in [0, 0.1) is 11.3 Å². The van der Waals surface area contributed by atoms with Crippen molar-refractivity contribution in [3.8, 4) is 72.8 Å². The number of hydrogen-bond acceptors (Lipinski definition) is 1. The van der Waals surface area contributed by atoms with Crippen LogP contribution in [0.1, 0.15) is 55.5 Å². The SMILES string of the molecule is CC1(C)c2ccccc2-c2ccc(-c3ccc4ccc5c(-c6ccc7c(c6)C(C)(C)c6ccccc6-7)cc(-c6ccc7cc(-c8cccc(C#N)c8)ccc7c6)c6ccc3c4c56)cc21. The van der Waals surface area contributed by atoms with E-state index in [0.717, 1.165) is 11.1 Å². The van der Waals surface area contributed by atoms with Crippen LogP contribution in [0.25, 0.3) is 110 Å². The van der Waals surface area contributed by atoms with E-state index in [-0.39, 0.29) is 10.8 Å². The van der Waals surface area contributed by atoms with E-state index >= 15 is 0 Å². The van der Waals surface area contributed by atoms with Crippen molar-refractivity contribution in [2.24, 2.45) is 0 Å². The van der Waals surface area contributed by atoms with Crippen LogP contribution in [0.2, 0.25) is 0 Å². The third-order valence-electron chi connectivity index (χ3n) is 15.0. The Bertz CT molecular complexity index is 3850. The minimum Gasteiger partial charge on any atom is -0.192 e. The molecule has 0 radical (unpaired) electrons. The molecule has 0 spiro atoms. The Morgan fingerprint density at radius 1 is 0.312 bits per heavy atom. The first-order valence-electron chi connectivity index (χ1n) is 22.5. The Morgan fingerprint density at radius 2 is 0.766 bits per heavy atom. The summed E-state index contributed by atoms with van der Waals surface area (Å²) in [7, 11) is 0. The van der Waals surface area contributed by atoms with E-state index in [9.17, 15) is 5.26 Å². The quantitative estimate of drug-likeness (QED) is 0.162. The van der Waals surface area contributed by atoms with Gasteiger partial charge in [0.25, 0.3) is 0 Å². The molecule has 0 saturated carbocycles. The van der Waals surface area contributed by atoms with Crippen LogP contribution in [0.3, 0.4) is 0 Å². The second-order valence-corrected chi connectivity index (χ2v) is 19.2. The summed E-state index contributed by atoms with van der Waals surface area (Å²) in [6.07, 6.45) is 0. The molecule has 0 aromatic heterocycles. The molecule has 64 heavy (non-hydrogen) atoms. The highest BCUT2D eigenvalue weighted by molar-refractivity contribution is 6.30. The molecule has 1 heteroatoms. The molecular formula is C63H43N. The largest absolute Gasteiger partial charge is 0.192 e. The van der Waals surface area contributed by atoms with Crippen LogP contribution < -0.4 is 0 Å². The van der Waals surface area contributed by atoms with Crippen molar-refractivity contribution in [3.63, 3.8) is 0 Å². The van der Waals surface area contributed by atoms with Crippen molar-refractivity contribution < 1.29 is 0 Å². The highest BCUT2D eigenvalue weighted by atomic mass is 14.4. The second kappa shape index (κ2) is 13.1. The molecule has 11 aromatic carbocycles. The first kappa shape index (κ1) is 36.8. The summed E-state index contributed by atoms with van der Waals surface area (Å²) < 4.78 is 0.